The van der Waals surface area contributed by atoms with Crippen LogP contribution in [0.2, 0.25) is 0 Å². The number of urea groups is 1. The number of nitrogens with one attached hydrogen (secondary N) is 2. The van der Waals surface area contributed by atoms with E-state index in [1.807, 2.05) is 73.4 Å². The molecule has 3 amide bonds. The second kappa shape index (κ2) is 11.2. The van der Waals surface area contributed by atoms with Gasteiger partial charge in [0.25, 0.3) is 0 Å². The van der Waals surface area contributed by atoms with Crippen LogP contribution in [0.25, 0.3) is 6.08 Å². The highest BCUT2D eigenvalue weighted by molar-refractivity contribution is 5.92. The first-order valence-corrected chi connectivity index (χ1v) is 10.8. The number of hydrogen-bond acceptors (Lipinski definition) is 3. The number of likely N-dealkylation sites (tertiary alicyclic amines) is 1. The molecule has 2 aromatic carbocycles. The zero-order chi connectivity index (χ0) is 22.1. The molecule has 31 heavy (non-hydrogen) atoms. The Hall–Kier alpha value is -3.28. The third-order valence-electron chi connectivity index (χ3n) is 5.30. The van der Waals surface area contributed by atoms with Gasteiger partial charge in [0.2, 0.25) is 5.91 Å². The minimum absolute atomic E-state index is 0.00249. The van der Waals surface area contributed by atoms with Crippen molar-refractivity contribution in [2.75, 3.05) is 31.6 Å². The minimum atomic E-state index is -0.220. The summed E-state index contributed by atoms with van der Waals surface area (Å²) in [5.74, 6) is 1.08. The predicted molar refractivity (Wildman–Crippen MR) is 124 cm³/mol. The van der Waals surface area contributed by atoms with E-state index < -0.39 is 0 Å². The van der Waals surface area contributed by atoms with Gasteiger partial charge in [-0.25, -0.2) is 4.79 Å². The van der Waals surface area contributed by atoms with Gasteiger partial charge in [-0.3, -0.25) is 4.79 Å². The van der Waals surface area contributed by atoms with E-state index in [4.69, 9.17) is 4.74 Å². The quantitative estimate of drug-likeness (QED) is 0.648. The van der Waals surface area contributed by atoms with Crippen LogP contribution in [0.1, 0.15) is 30.9 Å². The summed E-state index contributed by atoms with van der Waals surface area (Å²) in [7, 11) is 0. The van der Waals surface area contributed by atoms with Crippen LogP contribution in [0, 0.1) is 12.8 Å². The molecule has 0 bridgehead atoms. The van der Waals surface area contributed by atoms with Gasteiger partial charge in [0.1, 0.15) is 5.75 Å². The fourth-order valence-electron chi connectivity index (χ4n) is 3.60. The molecule has 1 atom stereocenters. The summed E-state index contributed by atoms with van der Waals surface area (Å²) in [6.07, 6.45) is 5.39. The highest BCUT2D eigenvalue weighted by Gasteiger charge is 2.22. The van der Waals surface area contributed by atoms with Gasteiger partial charge in [0.15, 0.2) is 0 Å². The van der Waals surface area contributed by atoms with E-state index in [1.165, 1.54) is 0 Å². The highest BCUT2D eigenvalue weighted by atomic mass is 16.5. The number of anilines is 1. The molecule has 1 saturated heterocycles. The van der Waals surface area contributed by atoms with Crippen molar-refractivity contribution in [3.05, 3.63) is 65.7 Å². The maximum atomic E-state index is 12.6. The number of rotatable bonds is 7. The van der Waals surface area contributed by atoms with E-state index in [0.29, 0.717) is 19.7 Å². The molecule has 2 aromatic rings. The van der Waals surface area contributed by atoms with Gasteiger partial charge in [0.05, 0.1) is 6.61 Å². The normalized spacial score (nSPS) is 16.2. The molecular formula is C25H31N3O3. The Morgan fingerprint density at radius 1 is 1.13 bits per heavy atom. The van der Waals surface area contributed by atoms with Crippen molar-refractivity contribution in [1.29, 1.82) is 0 Å². The lowest BCUT2D eigenvalue weighted by Gasteiger charge is -2.32. The molecule has 3 rings (SSSR count). The number of carbonyl (C=O) groups is 2. The molecule has 6 heteroatoms. The molecular weight excluding hydrogens is 390 g/mol. The summed E-state index contributed by atoms with van der Waals surface area (Å²) in [5, 5.41) is 5.77. The van der Waals surface area contributed by atoms with Gasteiger partial charge < -0.3 is 20.3 Å². The molecule has 1 aliphatic heterocycles. The van der Waals surface area contributed by atoms with Crippen molar-refractivity contribution in [3.63, 3.8) is 0 Å². The molecule has 2 N–H and O–H groups in total. The highest BCUT2D eigenvalue weighted by Crippen LogP contribution is 2.17. The number of hydrogen-bond donors (Lipinski definition) is 2. The smallest absolute Gasteiger partial charge is 0.319 e. The molecule has 1 fully saturated rings. The molecule has 0 saturated carbocycles. The zero-order valence-corrected chi connectivity index (χ0v) is 18.3. The van der Waals surface area contributed by atoms with Crippen molar-refractivity contribution in [3.8, 4) is 5.75 Å². The van der Waals surface area contributed by atoms with Crippen LogP contribution >= 0.6 is 0 Å². The Bertz CT molecular complexity index is 891. The maximum Gasteiger partial charge on any atom is 0.319 e. The molecule has 0 unspecified atom stereocenters. The van der Waals surface area contributed by atoms with Gasteiger partial charge in [0, 0.05) is 31.4 Å². The third kappa shape index (κ3) is 7.17. The van der Waals surface area contributed by atoms with Crippen LogP contribution in [-0.2, 0) is 4.79 Å². The van der Waals surface area contributed by atoms with Gasteiger partial charge in [-0.1, -0.05) is 29.8 Å². The monoisotopic (exact) mass is 421 g/mol. The Balaban J connectivity index is 1.45. The zero-order valence-electron chi connectivity index (χ0n) is 18.3. The van der Waals surface area contributed by atoms with Crippen LogP contribution < -0.4 is 15.4 Å². The lowest BCUT2D eigenvalue weighted by molar-refractivity contribution is -0.127. The summed E-state index contributed by atoms with van der Waals surface area (Å²) in [5.41, 5.74) is 2.87. The predicted octanol–water partition coefficient (Wildman–Crippen LogP) is 4.47. The SMILES string of the molecule is CCOc1ccc(/C=C/C(=O)N2CCC[C@@H](CNC(=O)Nc3ccc(C)cc3)C2)cc1. The Labute approximate surface area is 184 Å². The number of amides is 3. The van der Waals surface area contributed by atoms with E-state index in [9.17, 15) is 9.59 Å². The summed E-state index contributed by atoms with van der Waals surface area (Å²) < 4.78 is 5.44. The Morgan fingerprint density at radius 3 is 2.58 bits per heavy atom. The average molecular weight is 422 g/mol. The first-order chi connectivity index (χ1) is 15.0. The second-order valence-electron chi connectivity index (χ2n) is 7.83. The topological polar surface area (TPSA) is 70.7 Å². The molecule has 0 aromatic heterocycles. The standard InChI is InChI=1S/C25H31N3O3/c1-3-31-23-13-8-20(9-14-23)10-15-24(29)28-16-4-5-21(18-28)17-26-25(30)27-22-11-6-19(2)7-12-22/h6-15,21H,3-5,16-18H2,1-2H3,(H2,26,27,30)/b15-10+/t21-/m0/s1. The van der Waals surface area contributed by atoms with Gasteiger partial charge in [-0.15, -0.1) is 0 Å². The number of carbonyl (C=O) groups excluding carboxylic acids is 2. The number of nitrogens with zero attached hydrogens (tertiary/aromatic N) is 1. The van der Waals surface area contributed by atoms with Gasteiger partial charge in [-0.2, -0.15) is 0 Å². The van der Waals surface area contributed by atoms with Crippen LogP contribution in [0.3, 0.4) is 0 Å². The van der Waals surface area contributed by atoms with Gasteiger partial charge in [-0.05, 0) is 68.5 Å². The van der Waals surface area contributed by atoms with E-state index in [-0.39, 0.29) is 17.9 Å². The fourth-order valence-corrected chi connectivity index (χ4v) is 3.60. The average Bonchev–Trinajstić information content (AvgIpc) is 2.79. The number of ether oxygens (including phenoxy) is 1. The largest absolute Gasteiger partial charge is 0.494 e. The fraction of sp³-hybridized carbons (Fsp3) is 0.360. The van der Waals surface area contributed by atoms with E-state index in [0.717, 1.165) is 42.0 Å². The first kappa shape index (κ1) is 22.4. The lowest BCUT2D eigenvalue weighted by atomic mass is 9.98. The molecule has 1 heterocycles. The van der Waals surface area contributed by atoms with Crippen molar-refractivity contribution in [2.45, 2.75) is 26.7 Å². The van der Waals surface area contributed by atoms with E-state index in [2.05, 4.69) is 10.6 Å². The Kier molecular flexibility index (Phi) is 8.10. The van der Waals surface area contributed by atoms with Crippen LogP contribution in [0.5, 0.6) is 5.75 Å². The number of aryl methyl sites for hydroxylation is 1. The summed E-state index contributed by atoms with van der Waals surface area (Å²) >= 11 is 0. The number of benzene rings is 2. The molecule has 0 radical (unpaired) electrons. The molecule has 164 valence electrons. The van der Waals surface area contributed by atoms with Crippen molar-refractivity contribution >= 4 is 23.7 Å². The summed E-state index contributed by atoms with van der Waals surface area (Å²) in [6, 6.07) is 15.1. The summed E-state index contributed by atoms with van der Waals surface area (Å²) in [4.78, 5) is 26.6. The Morgan fingerprint density at radius 2 is 1.87 bits per heavy atom. The molecule has 0 aliphatic carbocycles. The van der Waals surface area contributed by atoms with E-state index >= 15 is 0 Å². The van der Waals surface area contributed by atoms with Crippen molar-refractivity contribution < 1.29 is 14.3 Å². The molecule has 6 nitrogen and oxygen atoms in total. The van der Waals surface area contributed by atoms with Crippen molar-refractivity contribution in [1.82, 2.24) is 10.2 Å². The molecule has 0 spiro atoms. The second-order valence-corrected chi connectivity index (χ2v) is 7.83. The van der Waals surface area contributed by atoms with Gasteiger partial charge >= 0.3 is 6.03 Å². The number of piperidine rings is 1. The minimum Gasteiger partial charge on any atom is -0.494 e. The van der Waals surface area contributed by atoms with Crippen LogP contribution in [-0.4, -0.2) is 43.1 Å². The third-order valence-corrected chi connectivity index (χ3v) is 5.30. The summed E-state index contributed by atoms with van der Waals surface area (Å²) in [6.45, 7) is 6.53. The van der Waals surface area contributed by atoms with Crippen LogP contribution in [0.15, 0.2) is 54.6 Å². The van der Waals surface area contributed by atoms with E-state index in [1.54, 1.807) is 6.08 Å². The van der Waals surface area contributed by atoms with Crippen LogP contribution in [0.4, 0.5) is 10.5 Å². The molecule has 1 aliphatic rings. The maximum absolute atomic E-state index is 12.6. The first-order valence-electron chi connectivity index (χ1n) is 10.8. The van der Waals surface area contributed by atoms with Crippen molar-refractivity contribution in [2.24, 2.45) is 5.92 Å². The lowest BCUT2D eigenvalue weighted by Crippen LogP contribution is -2.43.